The minimum Gasteiger partial charge on any atom is -0.508 e. The van der Waals surface area contributed by atoms with E-state index in [-0.39, 0.29) is 27.6 Å². The van der Waals surface area contributed by atoms with Crippen molar-refractivity contribution in [1.29, 1.82) is 0 Å². The molecule has 5 nitrogen and oxygen atoms in total. The summed E-state index contributed by atoms with van der Waals surface area (Å²) in [5.41, 5.74) is 2.39. The molecule has 0 atom stereocenters. The van der Waals surface area contributed by atoms with E-state index in [4.69, 9.17) is 0 Å². The lowest BCUT2D eigenvalue weighted by Crippen LogP contribution is -2.24. The number of aromatic amines is 1. The molecule has 0 aliphatic carbocycles. The number of aromatic nitrogens is 1. The lowest BCUT2D eigenvalue weighted by molar-refractivity contribution is 0.102. The lowest BCUT2D eigenvalue weighted by Gasteiger charge is -2.26. The molecule has 0 saturated carbocycles. The third kappa shape index (κ3) is 4.56. The molecule has 1 amide bonds. The smallest absolute Gasteiger partial charge is 0.261 e. The molecule has 0 unspecified atom stereocenters. The molecule has 1 heterocycles. The van der Waals surface area contributed by atoms with E-state index in [1.165, 1.54) is 6.20 Å². The first-order chi connectivity index (χ1) is 13.9. The van der Waals surface area contributed by atoms with Crippen LogP contribution in [0.4, 0.5) is 5.69 Å². The maximum absolute atomic E-state index is 13.0. The van der Waals surface area contributed by atoms with Crippen LogP contribution in [0.5, 0.6) is 5.75 Å². The number of carbonyl (C=O) groups is 1. The number of phenolic OH excluding ortho intramolecular Hbond substituents is 1. The second-order valence-corrected chi connectivity index (χ2v) is 10.0. The summed E-state index contributed by atoms with van der Waals surface area (Å²) >= 11 is 0. The zero-order valence-corrected chi connectivity index (χ0v) is 18.5. The highest BCUT2D eigenvalue weighted by Crippen LogP contribution is 2.37. The third-order valence-electron chi connectivity index (χ3n) is 5.03. The standard InChI is InChI=1S/C25H30N2O3/c1-24(2,3)13-15-11-18(25(4,5)6)20(12-21(15)28)27-23(30)17-14-26-19-10-8-7-9-16(19)22(17)29/h7-12,14,28H,13H2,1-6H3,(H,26,29)(H,27,30). The molecular weight excluding hydrogens is 376 g/mol. The molecule has 0 fully saturated rings. The summed E-state index contributed by atoms with van der Waals surface area (Å²) < 4.78 is 0. The van der Waals surface area contributed by atoms with Gasteiger partial charge in [0, 0.05) is 28.9 Å². The molecular formula is C25H30N2O3. The normalized spacial score (nSPS) is 12.2. The van der Waals surface area contributed by atoms with Gasteiger partial charge in [-0.25, -0.2) is 0 Å². The number of phenols is 1. The van der Waals surface area contributed by atoms with E-state index in [0.717, 1.165) is 11.1 Å². The lowest BCUT2D eigenvalue weighted by atomic mass is 9.81. The number of pyridine rings is 1. The van der Waals surface area contributed by atoms with E-state index in [9.17, 15) is 14.7 Å². The van der Waals surface area contributed by atoms with E-state index >= 15 is 0 Å². The summed E-state index contributed by atoms with van der Waals surface area (Å²) in [5.74, 6) is -0.365. The number of aromatic hydroxyl groups is 1. The predicted molar refractivity (Wildman–Crippen MR) is 122 cm³/mol. The molecule has 0 radical (unpaired) electrons. The van der Waals surface area contributed by atoms with Crippen LogP contribution >= 0.6 is 0 Å². The number of para-hydroxylation sites is 1. The largest absolute Gasteiger partial charge is 0.508 e. The van der Waals surface area contributed by atoms with Crippen molar-refractivity contribution in [2.45, 2.75) is 53.4 Å². The van der Waals surface area contributed by atoms with Crippen molar-refractivity contribution in [2.24, 2.45) is 5.41 Å². The molecule has 5 heteroatoms. The first-order valence-electron chi connectivity index (χ1n) is 10.1. The minimum atomic E-state index is -0.504. The Labute approximate surface area is 177 Å². The van der Waals surface area contributed by atoms with Crippen molar-refractivity contribution < 1.29 is 9.90 Å². The van der Waals surface area contributed by atoms with Crippen LogP contribution in [0, 0.1) is 5.41 Å². The Kier molecular flexibility index (Phi) is 5.50. The van der Waals surface area contributed by atoms with Crippen LogP contribution < -0.4 is 10.7 Å². The van der Waals surface area contributed by atoms with Crippen molar-refractivity contribution >= 4 is 22.5 Å². The first kappa shape index (κ1) is 21.6. The van der Waals surface area contributed by atoms with E-state index in [2.05, 4.69) is 51.8 Å². The van der Waals surface area contributed by atoms with Gasteiger partial charge in [0.15, 0.2) is 0 Å². The summed E-state index contributed by atoms with van der Waals surface area (Å²) in [7, 11) is 0. The van der Waals surface area contributed by atoms with Crippen LogP contribution in [-0.2, 0) is 11.8 Å². The molecule has 3 rings (SSSR count). The van der Waals surface area contributed by atoms with Crippen molar-refractivity contribution in [3.8, 4) is 5.75 Å². The van der Waals surface area contributed by atoms with Crippen LogP contribution in [0.1, 0.15) is 63.0 Å². The van der Waals surface area contributed by atoms with Crippen molar-refractivity contribution in [3.05, 3.63) is 69.5 Å². The highest BCUT2D eigenvalue weighted by Gasteiger charge is 2.24. The Morgan fingerprint density at radius 1 is 1.07 bits per heavy atom. The maximum Gasteiger partial charge on any atom is 0.261 e. The molecule has 0 spiro atoms. The molecule has 3 aromatic rings. The molecule has 0 aliphatic rings. The van der Waals surface area contributed by atoms with Gasteiger partial charge in [0.2, 0.25) is 5.43 Å². The molecule has 1 aromatic heterocycles. The summed E-state index contributed by atoms with van der Waals surface area (Å²) in [5, 5.41) is 13.9. The fraction of sp³-hybridized carbons (Fsp3) is 0.360. The van der Waals surface area contributed by atoms with Gasteiger partial charge in [0.25, 0.3) is 5.91 Å². The zero-order chi connectivity index (χ0) is 22.3. The zero-order valence-electron chi connectivity index (χ0n) is 18.5. The van der Waals surface area contributed by atoms with Gasteiger partial charge in [0.1, 0.15) is 11.3 Å². The number of H-pyrrole nitrogens is 1. The number of rotatable bonds is 3. The Hall–Kier alpha value is -3.08. The van der Waals surface area contributed by atoms with Crippen LogP contribution in [0.15, 0.2) is 47.4 Å². The molecule has 30 heavy (non-hydrogen) atoms. The third-order valence-corrected chi connectivity index (χ3v) is 5.03. The summed E-state index contributed by atoms with van der Waals surface area (Å²) in [6.45, 7) is 12.5. The number of fused-ring (bicyclic) bond motifs is 1. The Bertz CT molecular complexity index is 1160. The van der Waals surface area contributed by atoms with E-state index in [1.807, 2.05) is 12.1 Å². The minimum absolute atomic E-state index is 0.00971. The number of hydrogen-bond acceptors (Lipinski definition) is 3. The highest BCUT2D eigenvalue weighted by atomic mass is 16.3. The topological polar surface area (TPSA) is 82.2 Å². The van der Waals surface area contributed by atoms with E-state index < -0.39 is 5.91 Å². The number of carbonyl (C=O) groups excluding carboxylic acids is 1. The summed E-state index contributed by atoms with van der Waals surface area (Å²) in [4.78, 5) is 28.8. The van der Waals surface area contributed by atoms with Gasteiger partial charge in [-0.3, -0.25) is 9.59 Å². The molecule has 3 N–H and O–H groups in total. The molecule has 158 valence electrons. The molecule has 0 aliphatic heterocycles. The van der Waals surface area contributed by atoms with Gasteiger partial charge < -0.3 is 15.4 Å². The summed E-state index contributed by atoms with van der Waals surface area (Å²) in [6, 6.07) is 10.6. The number of anilines is 1. The number of amides is 1. The first-order valence-corrected chi connectivity index (χ1v) is 10.1. The van der Waals surface area contributed by atoms with E-state index in [1.54, 1.807) is 24.3 Å². The van der Waals surface area contributed by atoms with Gasteiger partial charge in [-0.1, -0.05) is 53.7 Å². The number of hydrogen-bond donors (Lipinski definition) is 3. The van der Waals surface area contributed by atoms with Crippen LogP contribution in [0.2, 0.25) is 0 Å². The molecule has 0 bridgehead atoms. The SMILES string of the molecule is CC(C)(C)Cc1cc(C(C)(C)C)c(NC(=O)c2c[nH]c3ccccc3c2=O)cc1O. The number of nitrogens with one attached hydrogen (secondary N) is 2. The Morgan fingerprint density at radius 2 is 1.73 bits per heavy atom. The quantitative estimate of drug-likeness (QED) is 0.547. The van der Waals surface area contributed by atoms with Gasteiger partial charge in [-0.05, 0) is 46.6 Å². The highest BCUT2D eigenvalue weighted by molar-refractivity contribution is 6.06. The van der Waals surface area contributed by atoms with E-state index in [0.29, 0.717) is 23.0 Å². The second-order valence-electron chi connectivity index (χ2n) is 10.0. The second kappa shape index (κ2) is 7.63. The Morgan fingerprint density at radius 3 is 2.37 bits per heavy atom. The van der Waals surface area contributed by atoms with Gasteiger partial charge in [-0.15, -0.1) is 0 Å². The number of benzene rings is 2. The van der Waals surface area contributed by atoms with Crippen molar-refractivity contribution in [1.82, 2.24) is 4.98 Å². The average molecular weight is 407 g/mol. The molecule has 2 aromatic carbocycles. The average Bonchev–Trinajstić information content (AvgIpc) is 2.62. The molecule has 0 saturated heterocycles. The fourth-order valence-electron chi connectivity index (χ4n) is 3.60. The van der Waals surface area contributed by atoms with Gasteiger partial charge in [-0.2, -0.15) is 0 Å². The van der Waals surface area contributed by atoms with Gasteiger partial charge >= 0.3 is 0 Å². The van der Waals surface area contributed by atoms with Crippen molar-refractivity contribution in [3.63, 3.8) is 0 Å². The summed E-state index contributed by atoms with van der Waals surface area (Å²) in [6.07, 6.45) is 2.14. The van der Waals surface area contributed by atoms with Gasteiger partial charge in [0.05, 0.1) is 0 Å². The van der Waals surface area contributed by atoms with Crippen LogP contribution in [-0.4, -0.2) is 16.0 Å². The monoisotopic (exact) mass is 406 g/mol. The van der Waals surface area contributed by atoms with Crippen molar-refractivity contribution in [2.75, 3.05) is 5.32 Å². The van der Waals surface area contributed by atoms with Crippen LogP contribution in [0.3, 0.4) is 0 Å². The predicted octanol–water partition coefficient (Wildman–Crippen LogP) is 5.37. The fourth-order valence-corrected chi connectivity index (χ4v) is 3.60. The Balaban J connectivity index is 2.04. The van der Waals surface area contributed by atoms with Crippen LogP contribution in [0.25, 0.3) is 10.9 Å². The maximum atomic E-state index is 13.0.